The molecular formula is C13H8BrCl2FO3S. The van der Waals surface area contributed by atoms with Gasteiger partial charge in [-0.2, -0.15) is 0 Å². The largest absolute Gasteiger partial charge is 0.487 e. The van der Waals surface area contributed by atoms with Crippen molar-refractivity contribution in [3.63, 3.8) is 0 Å². The highest BCUT2D eigenvalue weighted by atomic mass is 79.9. The van der Waals surface area contributed by atoms with Gasteiger partial charge in [-0.3, -0.25) is 0 Å². The van der Waals surface area contributed by atoms with E-state index in [2.05, 4.69) is 15.9 Å². The lowest BCUT2D eigenvalue weighted by atomic mass is 10.2. The van der Waals surface area contributed by atoms with Crippen LogP contribution in [0.4, 0.5) is 4.39 Å². The number of benzene rings is 2. The van der Waals surface area contributed by atoms with Crippen molar-refractivity contribution in [1.82, 2.24) is 0 Å². The highest BCUT2D eigenvalue weighted by Crippen LogP contribution is 2.31. The van der Waals surface area contributed by atoms with Gasteiger partial charge >= 0.3 is 0 Å². The predicted molar refractivity (Wildman–Crippen MR) is 82.9 cm³/mol. The smallest absolute Gasteiger partial charge is 0.265 e. The van der Waals surface area contributed by atoms with Crippen LogP contribution >= 0.6 is 38.2 Å². The molecule has 0 radical (unpaired) electrons. The second-order valence-electron chi connectivity index (χ2n) is 4.02. The van der Waals surface area contributed by atoms with E-state index in [0.29, 0.717) is 4.47 Å². The van der Waals surface area contributed by atoms with Gasteiger partial charge in [-0.25, -0.2) is 12.8 Å². The molecule has 8 heteroatoms. The van der Waals surface area contributed by atoms with Gasteiger partial charge in [-0.05, 0) is 30.3 Å². The van der Waals surface area contributed by atoms with Crippen molar-refractivity contribution >= 4 is 47.3 Å². The molecule has 2 rings (SSSR count). The highest BCUT2D eigenvalue weighted by molar-refractivity contribution is 9.10. The SMILES string of the molecule is O=S(=O)(Cl)c1cc(Br)ccc1OCc1c(F)cccc1Cl. The topological polar surface area (TPSA) is 43.4 Å². The highest BCUT2D eigenvalue weighted by Gasteiger charge is 2.18. The van der Waals surface area contributed by atoms with E-state index in [-0.39, 0.29) is 27.8 Å². The minimum atomic E-state index is -3.99. The molecule has 0 aliphatic rings. The molecule has 0 fully saturated rings. The van der Waals surface area contributed by atoms with E-state index in [0.717, 1.165) is 0 Å². The fourth-order valence-electron chi connectivity index (χ4n) is 1.61. The first-order chi connectivity index (χ1) is 9.79. The summed E-state index contributed by atoms with van der Waals surface area (Å²) in [6.45, 7) is -0.216. The molecule has 112 valence electrons. The Balaban J connectivity index is 2.33. The normalized spacial score (nSPS) is 11.4. The summed E-state index contributed by atoms with van der Waals surface area (Å²) in [6, 6.07) is 8.55. The summed E-state index contributed by atoms with van der Waals surface area (Å²) in [6.07, 6.45) is 0. The van der Waals surface area contributed by atoms with Crippen molar-refractivity contribution in [2.75, 3.05) is 0 Å². The number of hydrogen-bond acceptors (Lipinski definition) is 3. The van der Waals surface area contributed by atoms with Crippen molar-refractivity contribution in [2.24, 2.45) is 0 Å². The van der Waals surface area contributed by atoms with Crippen LogP contribution in [-0.4, -0.2) is 8.42 Å². The Bertz CT molecular complexity index is 761. The predicted octanol–water partition coefficient (Wildman–Crippen LogP) is 4.75. The van der Waals surface area contributed by atoms with Crippen LogP contribution in [0, 0.1) is 5.82 Å². The quantitative estimate of drug-likeness (QED) is 0.679. The zero-order chi connectivity index (χ0) is 15.6. The van der Waals surface area contributed by atoms with Crippen molar-refractivity contribution in [3.8, 4) is 5.75 Å². The van der Waals surface area contributed by atoms with E-state index in [1.807, 2.05) is 0 Å². The van der Waals surface area contributed by atoms with Crippen LogP contribution in [0.1, 0.15) is 5.56 Å². The third-order valence-corrected chi connectivity index (χ3v) is 4.79. The Morgan fingerprint density at radius 1 is 1.24 bits per heavy atom. The Morgan fingerprint density at radius 2 is 1.95 bits per heavy atom. The van der Waals surface area contributed by atoms with E-state index in [9.17, 15) is 12.8 Å². The molecular weight excluding hydrogens is 406 g/mol. The molecule has 0 amide bonds. The molecule has 2 aromatic carbocycles. The molecule has 21 heavy (non-hydrogen) atoms. The van der Waals surface area contributed by atoms with Crippen molar-refractivity contribution in [3.05, 3.63) is 57.3 Å². The molecule has 3 nitrogen and oxygen atoms in total. The van der Waals surface area contributed by atoms with Crippen LogP contribution in [0.25, 0.3) is 0 Å². The Morgan fingerprint density at radius 3 is 2.57 bits per heavy atom. The Labute approximate surface area is 139 Å². The van der Waals surface area contributed by atoms with Crippen LogP contribution < -0.4 is 4.74 Å². The van der Waals surface area contributed by atoms with Crippen LogP contribution in [0.3, 0.4) is 0 Å². The van der Waals surface area contributed by atoms with Gasteiger partial charge in [0, 0.05) is 20.7 Å². The maximum absolute atomic E-state index is 13.6. The van der Waals surface area contributed by atoms with Gasteiger partial charge in [0.15, 0.2) is 0 Å². The number of ether oxygens (including phenoxy) is 1. The average Bonchev–Trinajstić information content (AvgIpc) is 2.38. The summed E-state index contributed by atoms with van der Waals surface area (Å²) in [5.41, 5.74) is 0.139. The van der Waals surface area contributed by atoms with E-state index in [1.165, 1.54) is 30.3 Å². The minimum Gasteiger partial charge on any atom is -0.487 e. The van der Waals surface area contributed by atoms with Gasteiger partial charge in [0.05, 0.1) is 5.02 Å². The number of hydrogen-bond donors (Lipinski definition) is 0. The summed E-state index contributed by atoms with van der Waals surface area (Å²) in [7, 11) is 1.36. The van der Waals surface area contributed by atoms with Crippen LogP contribution in [0.15, 0.2) is 45.8 Å². The van der Waals surface area contributed by atoms with Gasteiger partial charge in [-0.15, -0.1) is 0 Å². The first-order valence-electron chi connectivity index (χ1n) is 5.59. The Kier molecular flexibility index (Phi) is 5.14. The van der Waals surface area contributed by atoms with E-state index in [4.69, 9.17) is 27.0 Å². The lowest BCUT2D eigenvalue weighted by molar-refractivity contribution is 0.292. The van der Waals surface area contributed by atoms with Gasteiger partial charge in [-0.1, -0.05) is 33.6 Å². The van der Waals surface area contributed by atoms with Crippen LogP contribution in [0.5, 0.6) is 5.75 Å². The molecule has 0 bridgehead atoms. The first kappa shape index (κ1) is 16.5. The second-order valence-corrected chi connectivity index (χ2v) is 7.88. The van der Waals surface area contributed by atoms with Crippen LogP contribution in [0.2, 0.25) is 5.02 Å². The standard InChI is InChI=1S/C13H8BrCl2FO3S/c14-8-4-5-12(13(6-8)21(16,18)19)20-7-9-10(15)2-1-3-11(9)17/h1-6H,7H2. The molecule has 0 N–H and O–H groups in total. The van der Waals surface area contributed by atoms with E-state index in [1.54, 1.807) is 6.07 Å². The van der Waals surface area contributed by atoms with E-state index >= 15 is 0 Å². The molecule has 0 atom stereocenters. The number of rotatable bonds is 4. The maximum Gasteiger partial charge on any atom is 0.265 e. The molecule has 0 unspecified atom stereocenters. The zero-order valence-electron chi connectivity index (χ0n) is 10.3. The molecule has 0 saturated heterocycles. The molecule has 0 aromatic heterocycles. The fourth-order valence-corrected chi connectivity index (χ4v) is 3.34. The van der Waals surface area contributed by atoms with Crippen molar-refractivity contribution in [1.29, 1.82) is 0 Å². The van der Waals surface area contributed by atoms with E-state index < -0.39 is 14.9 Å². The van der Waals surface area contributed by atoms with Gasteiger partial charge in [0.2, 0.25) is 0 Å². The summed E-state index contributed by atoms with van der Waals surface area (Å²) < 4.78 is 42.6. The molecule has 0 aliphatic heterocycles. The third kappa shape index (κ3) is 4.10. The minimum absolute atomic E-state index is 0.0209. The summed E-state index contributed by atoms with van der Waals surface area (Å²) >= 11 is 9.03. The summed E-state index contributed by atoms with van der Waals surface area (Å²) in [4.78, 5) is -0.203. The third-order valence-electron chi connectivity index (χ3n) is 2.60. The monoisotopic (exact) mass is 412 g/mol. The molecule has 0 spiro atoms. The summed E-state index contributed by atoms with van der Waals surface area (Å²) in [5.74, 6) is -0.512. The maximum atomic E-state index is 13.6. The van der Waals surface area contributed by atoms with Gasteiger partial charge in [0.1, 0.15) is 23.1 Å². The second kappa shape index (κ2) is 6.52. The summed E-state index contributed by atoms with van der Waals surface area (Å²) in [5, 5.41) is 0.197. The van der Waals surface area contributed by atoms with Crippen molar-refractivity contribution in [2.45, 2.75) is 11.5 Å². The molecule has 0 saturated carbocycles. The van der Waals surface area contributed by atoms with Crippen molar-refractivity contribution < 1.29 is 17.5 Å². The fraction of sp³-hybridized carbons (Fsp3) is 0.0769. The van der Waals surface area contributed by atoms with Crippen LogP contribution in [-0.2, 0) is 15.7 Å². The lowest BCUT2D eigenvalue weighted by Crippen LogP contribution is -2.03. The number of halogens is 4. The van der Waals surface area contributed by atoms with Gasteiger partial charge in [0.25, 0.3) is 9.05 Å². The molecule has 0 heterocycles. The molecule has 0 aliphatic carbocycles. The zero-order valence-corrected chi connectivity index (χ0v) is 14.2. The average molecular weight is 414 g/mol. The van der Waals surface area contributed by atoms with Gasteiger partial charge < -0.3 is 4.74 Å². The lowest BCUT2D eigenvalue weighted by Gasteiger charge is -2.11. The first-order valence-corrected chi connectivity index (χ1v) is 9.07. The Hall–Kier alpha value is -0.820. The molecule has 2 aromatic rings.